The predicted octanol–water partition coefficient (Wildman–Crippen LogP) is 2.52. The third-order valence-corrected chi connectivity index (χ3v) is 2.60. The molecular weight excluding hydrogens is 214 g/mol. The van der Waals surface area contributed by atoms with E-state index in [1.165, 1.54) is 0 Å². The zero-order valence-electron chi connectivity index (χ0n) is 9.55. The summed E-state index contributed by atoms with van der Waals surface area (Å²) in [5, 5.41) is 9.33. The van der Waals surface area contributed by atoms with Gasteiger partial charge in [-0.15, -0.1) is 0 Å². The van der Waals surface area contributed by atoms with Crippen LogP contribution in [0.3, 0.4) is 0 Å². The molecule has 0 fully saturated rings. The Balaban J connectivity index is 2.20. The Morgan fingerprint density at radius 3 is 2.88 bits per heavy atom. The lowest BCUT2D eigenvalue weighted by molar-refractivity contribution is 0.0992. The zero-order valence-corrected chi connectivity index (χ0v) is 9.55. The van der Waals surface area contributed by atoms with Crippen LogP contribution in [0.5, 0.6) is 5.75 Å². The largest absolute Gasteiger partial charge is 0.508 e. The van der Waals surface area contributed by atoms with Crippen molar-refractivity contribution >= 4 is 5.78 Å². The highest BCUT2D eigenvalue weighted by Crippen LogP contribution is 2.14. The van der Waals surface area contributed by atoms with Crippen molar-refractivity contribution in [3.05, 3.63) is 59.4 Å². The number of hydrogen-bond donors (Lipinski definition) is 1. The van der Waals surface area contributed by atoms with Gasteiger partial charge >= 0.3 is 0 Å². The average molecular weight is 227 g/mol. The molecule has 1 aromatic carbocycles. The molecule has 3 heteroatoms. The molecule has 0 aliphatic carbocycles. The molecule has 1 aromatic heterocycles. The van der Waals surface area contributed by atoms with E-state index < -0.39 is 0 Å². The number of benzene rings is 1. The highest BCUT2D eigenvalue weighted by atomic mass is 16.3. The van der Waals surface area contributed by atoms with Gasteiger partial charge in [0.15, 0.2) is 5.78 Å². The summed E-state index contributed by atoms with van der Waals surface area (Å²) in [6.45, 7) is 1.86. The molecule has 0 radical (unpaired) electrons. The van der Waals surface area contributed by atoms with Gasteiger partial charge in [-0.25, -0.2) is 0 Å². The average Bonchev–Trinajstić information content (AvgIpc) is 2.29. The number of ketones is 1. The number of hydrogen-bond acceptors (Lipinski definition) is 3. The van der Waals surface area contributed by atoms with Crippen LogP contribution < -0.4 is 0 Å². The molecule has 0 saturated carbocycles. The Kier molecular flexibility index (Phi) is 3.19. The monoisotopic (exact) mass is 227 g/mol. The number of carbonyl (C=O) groups excluding carboxylic acids is 1. The minimum atomic E-state index is 0.0375. The Morgan fingerprint density at radius 2 is 2.18 bits per heavy atom. The normalized spacial score (nSPS) is 10.2. The number of aryl methyl sites for hydroxylation is 1. The highest BCUT2D eigenvalue weighted by Gasteiger charge is 2.09. The molecule has 2 rings (SSSR count). The van der Waals surface area contributed by atoms with Crippen LogP contribution in [0.15, 0.2) is 42.7 Å². The molecule has 1 heterocycles. The first kappa shape index (κ1) is 11.3. The van der Waals surface area contributed by atoms with Crippen LogP contribution in [0.2, 0.25) is 0 Å². The van der Waals surface area contributed by atoms with Crippen molar-refractivity contribution in [1.82, 2.24) is 4.98 Å². The van der Waals surface area contributed by atoms with Crippen molar-refractivity contribution in [2.45, 2.75) is 13.3 Å². The third kappa shape index (κ3) is 2.69. The van der Waals surface area contributed by atoms with Gasteiger partial charge in [-0.3, -0.25) is 9.78 Å². The summed E-state index contributed by atoms with van der Waals surface area (Å²) in [6.07, 6.45) is 3.58. The second-order valence-electron chi connectivity index (χ2n) is 3.96. The van der Waals surface area contributed by atoms with Crippen molar-refractivity contribution in [2.75, 3.05) is 0 Å². The van der Waals surface area contributed by atoms with Gasteiger partial charge in [0.2, 0.25) is 0 Å². The minimum absolute atomic E-state index is 0.0375. The molecule has 86 valence electrons. The van der Waals surface area contributed by atoms with E-state index in [4.69, 9.17) is 0 Å². The summed E-state index contributed by atoms with van der Waals surface area (Å²) in [7, 11) is 0. The fourth-order valence-corrected chi connectivity index (χ4v) is 1.73. The maximum absolute atomic E-state index is 12.0. The van der Waals surface area contributed by atoms with Crippen LogP contribution in [-0.2, 0) is 6.42 Å². The van der Waals surface area contributed by atoms with Crippen LogP contribution in [0.4, 0.5) is 0 Å². The summed E-state index contributed by atoms with van der Waals surface area (Å²) < 4.78 is 0. The predicted molar refractivity (Wildman–Crippen MR) is 65.1 cm³/mol. The molecule has 1 N–H and O–H groups in total. The van der Waals surface area contributed by atoms with Gasteiger partial charge in [0.1, 0.15) is 5.75 Å². The summed E-state index contributed by atoms with van der Waals surface area (Å²) >= 11 is 0. The Hall–Kier alpha value is -2.16. The third-order valence-electron chi connectivity index (χ3n) is 2.60. The fraction of sp³-hybridized carbons (Fsp3) is 0.143. The van der Waals surface area contributed by atoms with Crippen LogP contribution in [0.25, 0.3) is 0 Å². The quantitative estimate of drug-likeness (QED) is 0.820. The molecule has 0 aliphatic rings. The second kappa shape index (κ2) is 4.78. The molecule has 2 aromatic rings. The Morgan fingerprint density at radius 1 is 1.35 bits per heavy atom. The van der Waals surface area contributed by atoms with Gasteiger partial charge in [-0.05, 0) is 36.2 Å². The summed E-state index contributed by atoms with van der Waals surface area (Å²) in [5.41, 5.74) is 2.37. The molecule has 0 amide bonds. The minimum Gasteiger partial charge on any atom is -0.508 e. The van der Waals surface area contributed by atoms with Gasteiger partial charge in [0, 0.05) is 24.4 Å². The van der Waals surface area contributed by atoms with Crippen LogP contribution >= 0.6 is 0 Å². The number of phenols is 1. The van der Waals surface area contributed by atoms with Crippen molar-refractivity contribution in [1.29, 1.82) is 0 Å². The van der Waals surface area contributed by atoms with Crippen LogP contribution in [0.1, 0.15) is 21.5 Å². The summed E-state index contributed by atoms with van der Waals surface area (Å²) in [6, 6.07) is 8.48. The molecule has 17 heavy (non-hydrogen) atoms. The topological polar surface area (TPSA) is 50.2 Å². The first-order chi connectivity index (χ1) is 8.16. The fourth-order valence-electron chi connectivity index (χ4n) is 1.73. The number of carbonyl (C=O) groups is 1. The van der Waals surface area contributed by atoms with E-state index in [2.05, 4.69) is 4.98 Å². The standard InChI is InChI=1S/C14H13NO2/c1-10-9-15-6-5-13(10)14(17)8-11-3-2-4-12(16)7-11/h2-7,9,16H,8H2,1H3. The van der Waals surface area contributed by atoms with Gasteiger partial charge in [-0.2, -0.15) is 0 Å². The van der Waals surface area contributed by atoms with E-state index >= 15 is 0 Å². The summed E-state index contributed by atoms with van der Waals surface area (Å²) in [5.74, 6) is 0.220. The first-order valence-electron chi connectivity index (χ1n) is 5.38. The highest BCUT2D eigenvalue weighted by molar-refractivity contribution is 5.98. The van der Waals surface area contributed by atoms with E-state index in [9.17, 15) is 9.90 Å². The lowest BCUT2D eigenvalue weighted by atomic mass is 10.0. The molecule has 3 nitrogen and oxygen atoms in total. The number of pyridine rings is 1. The van der Waals surface area contributed by atoms with E-state index in [1.807, 2.05) is 13.0 Å². The lowest BCUT2D eigenvalue weighted by Gasteiger charge is -2.04. The molecule has 0 bridgehead atoms. The van der Waals surface area contributed by atoms with Gasteiger partial charge < -0.3 is 5.11 Å². The maximum atomic E-state index is 12.0. The van der Waals surface area contributed by atoms with Crippen LogP contribution in [-0.4, -0.2) is 15.9 Å². The van der Waals surface area contributed by atoms with E-state index in [1.54, 1.807) is 36.7 Å². The molecule has 0 aliphatic heterocycles. The number of rotatable bonds is 3. The molecule has 0 unspecified atom stereocenters. The number of Topliss-reactive ketones (excluding diaryl/α,β-unsaturated/α-hetero) is 1. The second-order valence-corrected chi connectivity index (χ2v) is 3.96. The molecule has 0 saturated heterocycles. The molecular formula is C14H13NO2. The Bertz CT molecular complexity index is 549. The van der Waals surface area contributed by atoms with Gasteiger partial charge in [0.05, 0.1) is 0 Å². The zero-order chi connectivity index (χ0) is 12.3. The molecule has 0 spiro atoms. The van der Waals surface area contributed by atoms with Crippen molar-refractivity contribution in [3.63, 3.8) is 0 Å². The smallest absolute Gasteiger partial charge is 0.167 e. The van der Waals surface area contributed by atoms with E-state index in [-0.39, 0.29) is 11.5 Å². The SMILES string of the molecule is Cc1cnccc1C(=O)Cc1cccc(O)c1. The molecule has 0 atom stereocenters. The van der Waals surface area contributed by atoms with Crippen LogP contribution in [0, 0.1) is 6.92 Å². The van der Waals surface area contributed by atoms with E-state index in [0.717, 1.165) is 11.1 Å². The van der Waals surface area contributed by atoms with Gasteiger partial charge in [-0.1, -0.05) is 12.1 Å². The van der Waals surface area contributed by atoms with E-state index in [0.29, 0.717) is 12.0 Å². The van der Waals surface area contributed by atoms with Gasteiger partial charge in [0.25, 0.3) is 0 Å². The maximum Gasteiger partial charge on any atom is 0.167 e. The lowest BCUT2D eigenvalue weighted by Crippen LogP contribution is -2.05. The first-order valence-corrected chi connectivity index (χ1v) is 5.38. The number of aromatic hydroxyl groups is 1. The number of aromatic nitrogens is 1. The number of phenolic OH excluding ortho intramolecular Hbond substituents is 1. The van der Waals surface area contributed by atoms with Crippen molar-refractivity contribution in [2.24, 2.45) is 0 Å². The Labute approximate surface area is 99.8 Å². The van der Waals surface area contributed by atoms with Crippen molar-refractivity contribution < 1.29 is 9.90 Å². The van der Waals surface area contributed by atoms with Crippen molar-refractivity contribution in [3.8, 4) is 5.75 Å². The number of nitrogens with zero attached hydrogens (tertiary/aromatic N) is 1. The summed E-state index contributed by atoms with van der Waals surface area (Å²) in [4.78, 5) is 16.0.